The molecule has 0 aliphatic heterocycles. The highest BCUT2D eigenvalue weighted by molar-refractivity contribution is 5.58. The van der Waals surface area contributed by atoms with Crippen molar-refractivity contribution in [3.05, 3.63) is 63.7 Å². The second-order valence-electron chi connectivity index (χ2n) is 4.98. The van der Waals surface area contributed by atoms with Gasteiger partial charge in [0.25, 0.3) is 0 Å². The minimum Gasteiger partial charge on any atom is -0.359 e. The third-order valence-electron chi connectivity index (χ3n) is 3.46. The van der Waals surface area contributed by atoms with Gasteiger partial charge in [-0.15, -0.1) is 0 Å². The normalized spacial score (nSPS) is 10.8. The number of nitro groups is 1. The molecular weight excluding hydrogens is 284 g/mol. The van der Waals surface area contributed by atoms with Gasteiger partial charge in [-0.25, -0.2) is 0 Å². The van der Waals surface area contributed by atoms with Gasteiger partial charge < -0.3 is 4.52 Å². The summed E-state index contributed by atoms with van der Waals surface area (Å²) in [5.41, 5.74) is 2.62. The molecular formula is C15H14N4O3. The maximum atomic E-state index is 11.0. The lowest BCUT2D eigenvalue weighted by Gasteiger charge is -1.99. The Bertz CT molecular complexity index is 821. The van der Waals surface area contributed by atoms with E-state index in [-0.39, 0.29) is 5.69 Å². The molecule has 1 aromatic carbocycles. The Morgan fingerprint density at radius 2 is 2.00 bits per heavy atom. The van der Waals surface area contributed by atoms with Gasteiger partial charge in [-0.1, -0.05) is 35.5 Å². The van der Waals surface area contributed by atoms with Crippen LogP contribution in [0.5, 0.6) is 0 Å². The fourth-order valence-corrected chi connectivity index (χ4v) is 2.39. The van der Waals surface area contributed by atoms with Gasteiger partial charge in [0.15, 0.2) is 5.76 Å². The summed E-state index contributed by atoms with van der Waals surface area (Å²) >= 11 is 0. The van der Waals surface area contributed by atoms with E-state index >= 15 is 0 Å². The molecule has 0 saturated heterocycles. The van der Waals surface area contributed by atoms with Crippen LogP contribution in [0.4, 0.5) is 5.69 Å². The first-order chi connectivity index (χ1) is 10.6. The van der Waals surface area contributed by atoms with Gasteiger partial charge in [0.05, 0.1) is 4.92 Å². The number of benzene rings is 1. The highest BCUT2D eigenvalue weighted by Crippen LogP contribution is 2.24. The largest absolute Gasteiger partial charge is 0.359 e. The van der Waals surface area contributed by atoms with E-state index in [2.05, 4.69) is 10.3 Å². The summed E-state index contributed by atoms with van der Waals surface area (Å²) in [5.74, 6) is 0.597. The summed E-state index contributed by atoms with van der Waals surface area (Å²) in [5, 5.41) is 19.2. The number of aryl methyl sites for hydroxylation is 1. The second-order valence-corrected chi connectivity index (χ2v) is 4.98. The van der Waals surface area contributed by atoms with E-state index in [4.69, 9.17) is 4.52 Å². The molecule has 7 heteroatoms. The Morgan fingerprint density at radius 1 is 1.27 bits per heavy atom. The van der Waals surface area contributed by atoms with Crippen molar-refractivity contribution in [2.45, 2.75) is 20.4 Å². The molecule has 0 aliphatic rings. The average molecular weight is 298 g/mol. The standard InChI is InChI=1S/C15H14N4O3/c1-10-15(19(20)21)11(2)18(16-10)9-13-8-14(17-22-13)12-6-4-3-5-7-12/h3-8H,9H2,1-2H3. The van der Waals surface area contributed by atoms with Gasteiger partial charge >= 0.3 is 5.69 Å². The lowest BCUT2D eigenvalue weighted by atomic mass is 10.1. The molecule has 0 amide bonds. The highest BCUT2D eigenvalue weighted by atomic mass is 16.6. The van der Waals surface area contributed by atoms with E-state index in [1.807, 2.05) is 36.4 Å². The topological polar surface area (TPSA) is 87.0 Å². The lowest BCUT2D eigenvalue weighted by molar-refractivity contribution is -0.386. The smallest absolute Gasteiger partial charge is 0.312 e. The van der Waals surface area contributed by atoms with Crippen LogP contribution in [0.15, 0.2) is 40.9 Å². The van der Waals surface area contributed by atoms with Gasteiger partial charge in [0, 0.05) is 11.6 Å². The molecule has 2 heterocycles. The molecule has 0 spiro atoms. The first-order valence-corrected chi connectivity index (χ1v) is 6.75. The van der Waals surface area contributed by atoms with Crippen molar-refractivity contribution >= 4 is 5.69 Å². The van der Waals surface area contributed by atoms with E-state index in [1.165, 1.54) is 0 Å². The summed E-state index contributed by atoms with van der Waals surface area (Å²) < 4.78 is 6.87. The van der Waals surface area contributed by atoms with Crippen LogP contribution in [0.2, 0.25) is 0 Å². The zero-order valence-electron chi connectivity index (χ0n) is 12.2. The van der Waals surface area contributed by atoms with Crippen LogP contribution in [0.1, 0.15) is 17.1 Å². The summed E-state index contributed by atoms with van der Waals surface area (Å²) in [4.78, 5) is 10.6. The molecule has 7 nitrogen and oxygen atoms in total. The summed E-state index contributed by atoms with van der Waals surface area (Å²) in [7, 11) is 0. The molecule has 3 rings (SSSR count). The van der Waals surface area contributed by atoms with Crippen LogP contribution in [-0.4, -0.2) is 19.9 Å². The molecule has 0 bridgehead atoms. The van der Waals surface area contributed by atoms with Crippen LogP contribution < -0.4 is 0 Å². The van der Waals surface area contributed by atoms with E-state index in [9.17, 15) is 10.1 Å². The van der Waals surface area contributed by atoms with Gasteiger partial charge in [-0.3, -0.25) is 14.8 Å². The molecule has 0 N–H and O–H groups in total. The van der Waals surface area contributed by atoms with Crippen LogP contribution in [0, 0.1) is 24.0 Å². The molecule has 0 fully saturated rings. The Balaban J connectivity index is 1.88. The quantitative estimate of drug-likeness (QED) is 0.545. The van der Waals surface area contributed by atoms with Gasteiger partial charge in [0.2, 0.25) is 0 Å². The first-order valence-electron chi connectivity index (χ1n) is 6.75. The van der Waals surface area contributed by atoms with Crippen LogP contribution in [-0.2, 0) is 6.54 Å². The Hall–Kier alpha value is -2.96. The Labute approximate surface area is 126 Å². The lowest BCUT2D eigenvalue weighted by Crippen LogP contribution is -2.03. The van der Waals surface area contributed by atoms with E-state index in [0.29, 0.717) is 23.7 Å². The monoisotopic (exact) mass is 298 g/mol. The average Bonchev–Trinajstić information content (AvgIpc) is 3.06. The Kier molecular flexibility index (Phi) is 3.46. The minimum absolute atomic E-state index is 0.0443. The van der Waals surface area contributed by atoms with Crippen molar-refractivity contribution in [1.82, 2.24) is 14.9 Å². The number of hydrogen-bond donors (Lipinski definition) is 0. The molecule has 0 unspecified atom stereocenters. The molecule has 2 aromatic heterocycles. The minimum atomic E-state index is -0.413. The summed E-state index contributed by atoms with van der Waals surface area (Å²) in [6.45, 7) is 3.60. The van der Waals surface area contributed by atoms with E-state index < -0.39 is 4.92 Å². The molecule has 3 aromatic rings. The van der Waals surface area contributed by atoms with Gasteiger partial charge in [-0.2, -0.15) is 5.10 Å². The fourth-order valence-electron chi connectivity index (χ4n) is 2.39. The SMILES string of the molecule is Cc1nn(Cc2cc(-c3ccccc3)no2)c(C)c1[N+](=O)[O-]. The van der Waals surface area contributed by atoms with E-state index in [1.54, 1.807) is 18.5 Å². The van der Waals surface area contributed by atoms with Crippen molar-refractivity contribution in [2.75, 3.05) is 0 Å². The maximum absolute atomic E-state index is 11.0. The third-order valence-corrected chi connectivity index (χ3v) is 3.46. The van der Waals surface area contributed by atoms with Crippen molar-refractivity contribution < 1.29 is 9.45 Å². The van der Waals surface area contributed by atoms with Crippen LogP contribution in [0.3, 0.4) is 0 Å². The number of nitrogens with zero attached hydrogens (tertiary/aromatic N) is 4. The van der Waals surface area contributed by atoms with Crippen molar-refractivity contribution in [2.24, 2.45) is 0 Å². The molecule has 22 heavy (non-hydrogen) atoms. The van der Waals surface area contributed by atoms with Gasteiger partial charge in [-0.05, 0) is 13.8 Å². The van der Waals surface area contributed by atoms with Crippen molar-refractivity contribution in [3.63, 3.8) is 0 Å². The zero-order valence-corrected chi connectivity index (χ0v) is 12.2. The predicted molar refractivity (Wildman–Crippen MR) is 79.4 cm³/mol. The molecule has 112 valence electrons. The highest BCUT2D eigenvalue weighted by Gasteiger charge is 2.22. The summed E-state index contributed by atoms with van der Waals surface area (Å²) in [6.07, 6.45) is 0. The summed E-state index contributed by atoms with van der Waals surface area (Å²) in [6, 6.07) is 11.5. The number of rotatable bonds is 4. The number of aromatic nitrogens is 3. The molecule has 0 saturated carbocycles. The first kappa shape index (κ1) is 14.0. The Morgan fingerprint density at radius 3 is 2.64 bits per heavy atom. The molecule has 0 aliphatic carbocycles. The predicted octanol–water partition coefficient (Wildman–Crippen LogP) is 3.11. The van der Waals surface area contributed by atoms with E-state index in [0.717, 1.165) is 11.3 Å². The van der Waals surface area contributed by atoms with Gasteiger partial charge in [0.1, 0.15) is 23.6 Å². The fraction of sp³-hybridized carbons (Fsp3) is 0.200. The van der Waals surface area contributed by atoms with Crippen LogP contribution >= 0.6 is 0 Å². The van der Waals surface area contributed by atoms with Crippen molar-refractivity contribution in [1.29, 1.82) is 0 Å². The molecule has 0 radical (unpaired) electrons. The van der Waals surface area contributed by atoms with Crippen molar-refractivity contribution in [3.8, 4) is 11.3 Å². The molecule has 0 atom stereocenters. The van der Waals surface area contributed by atoms with Crippen LogP contribution in [0.25, 0.3) is 11.3 Å². The number of hydrogen-bond acceptors (Lipinski definition) is 5. The zero-order chi connectivity index (χ0) is 15.7. The second kappa shape index (κ2) is 5.44. The third kappa shape index (κ3) is 2.48. The maximum Gasteiger partial charge on any atom is 0.312 e.